The van der Waals surface area contributed by atoms with Gasteiger partial charge in [-0.3, -0.25) is 14.6 Å². The van der Waals surface area contributed by atoms with Gasteiger partial charge in [-0.25, -0.2) is 0 Å². The van der Waals surface area contributed by atoms with E-state index in [0.717, 1.165) is 11.3 Å². The average molecular weight is 491 g/mol. The van der Waals surface area contributed by atoms with E-state index >= 15 is 0 Å². The minimum Gasteiger partial charge on any atom is -0.507 e. The molecule has 0 saturated carbocycles. The van der Waals surface area contributed by atoms with Crippen molar-refractivity contribution in [1.82, 2.24) is 9.88 Å². The Hall–Kier alpha value is -3.64. The summed E-state index contributed by atoms with van der Waals surface area (Å²) in [6, 6.07) is 16.8. The smallest absolute Gasteiger partial charge is 0.296 e. The van der Waals surface area contributed by atoms with Gasteiger partial charge in [0.25, 0.3) is 11.7 Å². The number of carbonyl (C=O) groups excluding carboxylic acids is 2. The predicted octanol–water partition coefficient (Wildman–Crippen LogP) is 5.88. The van der Waals surface area contributed by atoms with E-state index in [4.69, 9.17) is 16.3 Å². The van der Waals surface area contributed by atoms with E-state index in [1.807, 2.05) is 32.9 Å². The summed E-state index contributed by atoms with van der Waals surface area (Å²) in [6.07, 6.45) is 1.64. The Bertz CT molecular complexity index is 1270. The van der Waals surface area contributed by atoms with E-state index in [2.05, 4.69) is 4.98 Å². The van der Waals surface area contributed by atoms with E-state index in [1.165, 1.54) is 4.90 Å². The van der Waals surface area contributed by atoms with Gasteiger partial charge < -0.3 is 14.7 Å². The van der Waals surface area contributed by atoms with E-state index in [9.17, 15) is 14.7 Å². The number of aliphatic hydroxyl groups is 1. The third-order valence-electron chi connectivity index (χ3n) is 5.99. The van der Waals surface area contributed by atoms with E-state index in [-0.39, 0.29) is 23.8 Å². The summed E-state index contributed by atoms with van der Waals surface area (Å²) in [5.41, 5.74) is 2.69. The van der Waals surface area contributed by atoms with Gasteiger partial charge in [-0.05, 0) is 66.4 Å². The quantitative estimate of drug-likeness (QED) is 0.254. The standard InChI is InChI=1S/C28H27ClN2O4/c1-4-35-23-13-10-19(15-22(23)17(2)3)26(32)24-25(18-8-11-20(29)12-9-18)31(28(34)27(24)33)16-21-7-5-6-14-30-21/h5-15,17,25,32H,4,16H2,1-3H3/b26-24-. The molecule has 0 radical (unpaired) electrons. The summed E-state index contributed by atoms with van der Waals surface area (Å²) in [6.45, 7) is 6.60. The van der Waals surface area contributed by atoms with Crippen LogP contribution < -0.4 is 4.74 Å². The second kappa shape index (κ2) is 10.3. The Morgan fingerprint density at radius 2 is 1.86 bits per heavy atom. The Kier molecular flexibility index (Phi) is 7.22. The Balaban J connectivity index is 1.86. The number of ketones is 1. The third kappa shape index (κ3) is 4.93. The van der Waals surface area contributed by atoms with Crippen LogP contribution in [-0.4, -0.2) is 33.3 Å². The number of benzene rings is 2. The second-order valence-electron chi connectivity index (χ2n) is 8.64. The normalized spacial score (nSPS) is 17.3. The monoisotopic (exact) mass is 490 g/mol. The number of likely N-dealkylation sites (tertiary alicyclic amines) is 1. The zero-order valence-electron chi connectivity index (χ0n) is 19.9. The van der Waals surface area contributed by atoms with Crippen LogP contribution in [-0.2, 0) is 16.1 Å². The van der Waals surface area contributed by atoms with Crippen LogP contribution in [0.25, 0.3) is 5.76 Å². The van der Waals surface area contributed by atoms with Crippen LogP contribution >= 0.6 is 11.6 Å². The molecule has 2 aromatic carbocycles. The highest BCUT2D eigenvalue weighted by Crippen LogP contribution is 2.41. The Labute approximate surface area is 209 Å². The molecule has 1 aliphatic heterocycles. The predicted molar refractivity (Wildman–Crippen MR) is 135 cm³/mol. The first-order chi connectivity index (χ1) is 16.8. The van der Waals surface area contributed by atoms with Crippen LogP contribution in [0.3, 0.4) is 0 Å². The van der Waals surface area contributed by atoms with Crippen molar-refractivity contribution in [2.24, 2.45) is 0 Å². The lowest BCUT2D eigenvalue weighted by Crippen LogP contribution is -2.29. The molecular formula is C28H27ClN2O4. The maximum Gasteiger partial charge on any atom is 0.296 e. The lowest BCUT2D eigenvalue weighted by molar-refractivity contribution is -0.140. The van der Waals surface area contributed by atoms with Crippen LogP contribution in [0.1, 0.15) is 55.1 Å². The first kappa shape index (κ1) is 24.5. The zero-order valence-corrected chi connectivity index (χ0v) is 20.6. The molecule has 7 heteroatoms. The summed E-state index contributed by atoms with van der Waals surface area (Å²) in [4.78, 5) is 32.2. The summed E-state index contributed by atoms with van der Waals surface area (Å²) in [7, 11) is 0. The van der Waals surface area contributed by atoms with Gasteiger partial charge in [-0.1, -0.05) is 43.6 Å². The highest BCUT2D eigenvalue weighted by Gasteiger charge is 2.46. The molecule has 0 aliphatic carbocycles. The van der Waals surface area contributed by atoms with Crippen molar-refractivity contribution in [3.05, 3.63) is 99.8 Å². The molecule has 4 rings (SSSR count). The number of hydrogen-bond acceptors (Lipinski definition) is 5. The lowest BCUT2D eigenvalue weighted by Gasteiger charge is -2.25. The molecule has 6 nitrogen and oxygen atoms in total. The molecule has 35 heavy (non-hydrogen) atoms. The highest BCUT2D eigenvalue weighted by molar-refractivity contribution is 6.46. The molecule has 180 valence electrons. The van der Waals surface area contributed by atoms with E-state index < -0.39 is 17.7 Å². The van der Waals surface area contributed by atoms with Crippen molar-refractivity contribution in [2.45, 2.75) is 39.3 Å². The third-order valence-corrected chi connectivity index (χ3v) is 6.24. The van der Waals surface area contributed by atoms with Crippen molar-refractivity contribution in [2.75, 3.05) is 6.61 Å². The molecule has 1 saturated heterocycles. The second-order valence-corrected chi connectivity index (χ2v) is 9.08. The van der Waals surface area contributed by atoms with E-state index in [0.29, 0.717) is 28.5 Å². The first-order valence-electron chi connectivity index (χ1n) is 11.5. The minimum absolute atomic E-state index is 0.0344. The van der Waals surface area contributed by atoms with Crippen LogP contribution in [0.4, 0.5) is 0 Å². The van der Waals surface area contributed by atoms with Gasteiger partial charge in [0.05, 0.1) is 30.5 Å². The molecule has 1 unspecified atom stereocenters. The van der Waals surface area contributed by atoms with Gasteiger partial charge in [0.15, 0.2) is 0 Å². The first-order valence-corrected chi connectivity index (χ1v) is 11.9. The van der Waals surface area contributed by atoms with Gasteiger partial charge in [0.2, 0.25) is 0 Å². The number of aromatic nitrogens is 1. The van der Waals surface area contributed by atoms with Crippen LogP contribution in [0.15, 0.2) is 72.4 Å². The number of carbonyl (C=O) groups is 2. The molecule has 1 N–H and O–H groups in total. The maximum absolute atomic E-state index is 13.3. The molecule has 3 aromatic rings. The minimum atomic E-state index is -0.789. The van der Waals surface area contributed by atoms with Gasteiger partial charge >= 0.3 is 0 Å². The summed E-state index contributed by atoms with van der Waals surface area (Å²) >= 11 is 6.09. The fraction of sp³-hybridized carbons (Fsp3) is 0.250. The van der Waals surface area contributed by atoms with Crippen molar-refractivity contribution >= 4 is 29.1 Å². The molecule has 0 spiro atoms. The van der Waals surface area contributed by atoms with Crippen molar-refractivity contribution < 1.29 is 19.4 Å². The van der Waals surface area contributed by atoms with Gasteiger partial charge in [0, 0.05) is 16.8 Å². The van der Waals surface area contributed by atoms with Gasteiger partial charge in [0.1, 0.15) is 11.5 Å². The topological polar surface area (TPSA) is 79.7 Å². The highest BCUT2D eigenvalue weighted by atomic mass is 35.5. The SMILES string of the molecule is CCOc1ccc(/C(O)=C2/C(=O)C(=O)N(Cc3ccccn3)C2c2ccc(Cl)cc2)cc1C(C)C. The number of Topliss-reactive ketones (excluding diaryl/α,β-unsaturated/α-hetero) is 1. The van der Waals surface area contributed by atoms with Crippen molar-refractivity contribution in [1.29, 1.82) is 0 Å². The van der Waals surface area contributed by atoms with Crippen LogP contribution in [0.5, 0.6) is 5.75 Å². The molecule has 0 bridgehead atoms. The number of nitrogens with zero attached hydrogens (tertiary/aromatic N) is 2. The molecule has 1 atom stereocenters. The Morgan fingerprint density at radius 3 is 2.49 bits per heavy atom. The number of aliphatic hydroxyl groups excluding tert-OH is 1. The molecule has 1 fully saturated rings. The largest absolute Gasteiger partial charge is 0.507 e. The molecule has 2 heterocycles. The average Bonchev–Trinajstić information content (AvgIpc) is 3.10. The lowest BCUT2D eigenvalue weighted by atomic mass is 9.93. The fourth-order valence-corrected chi connectivity index (χ4v) is 4.42. The number of halogens is 1. The van der Waals surface area contributed by atoms with Crippen molar-refractivity contribution in [3.8, 4) is 5.75 Å². The number of pyridine rings is 1. The Morgan fingerprint density at radius 1 is 1.11 bits per heavy atom. The van der Waals surface area contributed by atoms with Crippen LogP contribution in [0.2, 0.25) is 5.02 Å². The molecule has 1 amide bonds. The maximum atomic E-state index is 13.3. The van der Waals surface area contributed by atoms with E-state index in [1.54, 1.807) is 54.7 Å². The number of hydrogen-bond donors (Lipinski definition) is 1. The fourth-order valence-electron chi connectivity index (χ4n) is 4.29. The summed E-state index contributed by atoms with van der Waals surface area (Å²) in [5, 5.41) is 11.9. The van der Waals surface area contributed by atoms with Crippen LogP contribution in [0, 0.1) is 0 Å². The van der Waals surface area contributed by atoms with Gasteiger partial charge in [-0.15, -0.1) is 0 Å². The number of amides is 1. The van der Waals surface area contributed by atoms with Crippen molar-refractivity contribution in [3.63, 3.8) is 0 Å². The summed E-state index contributed by atoms with van der Waals surface area (Å²) in [5.74, 6) is -0.797. The number of rotatable bonds is 7. The zero-order chi connectivity index (χ0) is 25.1. The summed E-state index contributed by atoms with van der Waals surface area (Å²) < 4.78 is 5.74. The molecular weight excluding hydrogens is 464 g/mol. The molecule has 1 aliphatic rings. The number of ether oxygens (including phenoxy) is 1. The van der Waals surface area contributed by atoms with Gasteiger partial charge in [-0.2, -0.15) is 0 Å². The molecule has 1 aromatic heterocycles.